The summed E-state index contributed by atoms with van der Waals surface area (Å²) in [6, 6.07) is 7.56. The van der Waals surface area contributed by atoms with Crippen molar-refractivity contribution in [1.29, 1.82) is 0 Å². The second-order valence-corrected chi connectivity index (χ2v) is 5.37. The van der Waals surface area contributed by atoms with Crippen LogP contribution in [0.2, 0.25) is 10.0 Å². The molecule has 19 heavy (non-hydrogen) atoms. The van der Waals surface area contributed by atoms with Gasteiger partial charge in [-0.2, -0.15) is 0 Å². The lowest BCUT2D eigenvalue weighted by molar-refractivity contribution is 0.495. The van der Waals surface area contributed by atoms with E-state index in [0.29, 0.717) is 10.0 Å². The molecule has 1 heterocycles. The molecule has 0 saturated heterocycles. The molecule has 0 aliphatic carbocycles. The molecule has 0 bridgehead atoms. The maximum absolute atomic E-state index is 6.31. The molecule has 0 radical (unpaired) electrons. The van der Waals surface area contributed by atoms with Crippen molar-refractivity contribution in [2.45, 2.75) is 26.8 Å². The Morgan fingerprint density at radius 2 is 1.89 bits per heavy atom. The van der Waals surface area contributed by atoms with Gasteiger partial charge in [-0.1, -0.05) is 30.1 Å². The van der Waals surface area contributed by atoms with Crippen LogP contribution < -0.4 is 5.32 Å². The van der Waals surface area contributed by atoms with E-state index < -0.39 is 0 Å². The number of halogens is 2. The van der Waals surface area contributed by atoms with Gasteiger partial charge in [-0.3, -0.25) is 0 Å². The van der Waals surface area contributed by atoms with E-state index in [2.05, 4.69) is 12.2 Å². The van der Waals surface area contributed by atoms with Crippen molar-refractivity contribution in [1.82, 2.24) is 5.32 Å². The summed E-state index contributed by atoms with van der Waals surface area (Å²) in [5.74, 6) is 1.80. The number of hydrogen-bond acceptors (Lipinski definition) is 2. The molecular weight excluding hydrogens is 281 g/mol. The average molecular weight is 298 g/mol. The highest BCUT2D eigenvalue weighted by Gasteiger charge is 2.20. The zero-order valence-corrected chi connectivity index (χ0v) is 12.8. The molecule has 2 aromatic rings. The Bertz CT molecular complexity index is 578. The molecule has 1 atom stereocenters. The normalized spacial score (nSPS) is 12.7. The van der Waals surface area contributed by atoms with Gasteiger partial charge in [0.2, 0.25) is 0 Å². The van der Waals surface area contributed by atoms with Crippen molar-refractivity contribution in [3.8, 4) is 0 Å². The molecule has 2 nitrogen and oxygen atoms in total. The van der Waals surface area contributed by atoms with Crippen LogP contribution in [0.15, 0.2) is 28.7 Å². The van der Waals surface area contributed by atoms with Crippen molar-refractivity contribution in [2.75, 3.05) is 6.54 Å². The van der Waals surface area contributed by atoms with Crippen LogP contribution in [0.5, 0.6) is 0 Å². The third-order valence-electron chi connectivity index (χ3n) is 3.07. The molecule has 1 aromatic heterocycles. The first kappa shape index (κ1) is 14.4. The molecule has 0 aliphatic heterocycles. The number of nitrogens with one attached hydrogen (secondary N) is 1. The van der Waals surface area contributed by atoms with E-state index in [1.54, 1.807) is 6.07 Å². The minimum atomic E-state index is -0.00588. The van der Waals surface area contributed by atoms with Crippen LogP contribution in [0.4, 0.5) is 0 Å². The molecule has 0 spiro atoms. The highest BCUT2D eigenvalue weighted by Crippen LogP contribution is 2.33. The fourth-order valence-corrected chi connectivity index (χ4v) is 2.67. The van der Waals surface area contributed by atoms with Crippen LogP contribution >= 0.6 is 23.2 Å². The second kappa shape index (κ2) is 6.00. The zero-order valence-electron chi connectivity index (χ0n) is 11.3. The summed E-state index contributed by atoms with van der Waals surface area (Å²) < 4.78 is 5.62. The minimum Gasteiger partial charge on any atom is -0.466 e. The van der Waals surface area contributed by atoms with Gasteiger partial charge in [0, 0.05) is 15.6 Å². The van der Waals surface area contributed by atoms with E-state index in [1.807, 2.05) is 32.0 Å². The van der Waals surface area contributed by atoms with E-state index in [1.165, 1.54) is 0 Å². The largest absolute Gasteiger partial charge is 0.466 e. The smallest absolute Gasteiger partial charge is 0.106 e. The van der Waals surface area contributed by atoms with Gasteiger partial charge in [0.25, 0.3) is 0 Å². The Hall–Kier alpha value is -0.960. The lowest BCUT2D eigenvalue weighted by Gasteiger charge is -2.19. The fraction of sp³-hybridized carbons (Fsp3) is 0.333. The van der Waals surface area contributed by atoms with E-state index in [0.717, 1.165) is 29.2 Å². The predicted octanol–water partition coefficient (Wildman–Crippen LogP) is 4.90. The van der Waals surface area contributed by atoms with Gasteiger partial charge in [0.05, 0.1) is 6.04 Å². The first-order chi connectivity index (χ1) is 9.02. The van der Waals surface area contributed by atoms with Gasteiger partial charge in [-0.05, 0) is 50.2 Å². The molecule has 0 saturated carbocycles. The maximum Gasteiger partial charge on any atom is 0.106 e. The lowest BCUT2D eigenvalue weighted by Crippen LogP contribution is -2.22. The van der Waals surface area contributed by atoms with E-state index in [9.17, 15) is 0 Å². The third kappa shape index (κ3) is 3.14. The molecule has 0 amide bonds. The Balaban J connectivity index is 2.51. The number of aryl methyl sites for hydroxylation is 2. The highest BCUT2D eigenvalue weighted by atomic mass is 35.5. The van der Waals surface area contributed by atoms with Gasteiger partial charge in [0.1, 0.15) is 11.5 Å². The molecule has 0 aliphatic rings. The first-order valence-corrected chi connectivity index (χ1v) is 7.03. The van der Waals surface area contributed by atoms with Gasteiger partial charge < -0.3 is 9.73 Å². The Kier molecular flexibility index (Phi) is 4.56. The molecule has 2 rings (SSSR count). The number of rotatable bonds is 4. The summed E-state index contributed by atoms with van der Waals surface area (Å²) >= 11 is 12.4. The van der Waals surface area contributed by atoms with E-state index in [-0.39, 0.29) is 6.04 Å². The SMILES string of the molecule is CCNC(c1cc(Cl)ccc1Cl)c1cc(C)oc1C. The molecule has 1 aromatic carbocycles. The van der Waals surface area contributed by atoms with Crippen molar-refractivity contribution < 1.29 is 4.42 Å². The van der Waals surface area contributed by atoms with Gasteiger partial charge in [-0.25, -0.2) is 0 Å². The third-order valence-corrected chi connectivity index (χ3v) is 3.65. The molecule has 0 fully saturated rings. The molecular formula is C15H17Cl2NO. The summed E-state index contributed by atoms with van der Waals surface area (Å²) in [5.41, 5.74) is 2.07. The molecule has 1 unspecified atom stereocenters. The quantitative estimate of drug-likeness (QED) is 0.868. The maximum atomic E-state index is 6.31. The Morgan fingerprint density at radius 3 is 2.47 bits per heavy atom. The topological polar surface area (TPSA) is 25.2 Å². The van der Waals surface area contributed by atoms with Crippen LogP contribution in [-0.2, 0) is 0 Å². The first-order valence-electron chi connectivity index (χ1n) is 6.28. The van der Waals surface area contributed by atoms with Crippen LogP contribution in [-0.4, -0.2) is 6.54 Å². The van der Waals surface area contributed by atoms with Crippen LogP contribution in [0.1, 0.15) is 35.6 Å². The average Bonchev–Trinajstić information content (AvgIpc) is 2.69. The minimum absolute atomic E-state index is 0.00588. The second-order valence-electron chi connectivity index (χ2n) is 4.53. The predicted molar refractivity (Wildman–Crippen MR) is 80.2 cm³/mol. The molecule has 1 N–H and O–H groups in total. The van der Waals surface area contributed by atoms with Crippen molar-refractivity contribution in [2.24, 2.45) is 0 Å². The fourth-order valence-electron chi connectivity index (χ4n) is 2.26. The van der Waals surface area contributed by atoms with E-state index >= 15 is 0 Å². The summed E-state index contributed by atoms with van der Waals surface area (Å²) in [4.78, 5) is 0. The summed E-state index contributed by atoms with van der Waals surface area (Å²) in [5, 5.41) is 4.82. The Morgan fingerprint density at radius 1 is 1.16 bits per heavy atom. The van der Waals surface area contributed by atoms with E-state index in [4.69, 9.17) is 27.6 Å². The monoisotopic (exact) mass is 297 g/mol. The summed E-state index contributed by atoms with van der Waals surface area (Å²) in [6.07, 6.45) is 0. The summed E-state index contributed by atoms with van der Waals surface area (Å²) in [7, 11) is 0. The van der Waals surface area contributed by atoms with Crippen LogP contribution in [0, 0.1) is 13.8 Å². The molecule has 4 heteroatoms. The number of hydrogen-bond donors (Lipinski definition) is 1. The summed E-state index contributed by atoms with van der Waals surface area (Å²) in [6.45, 7) is 6.80. The lowest BCUT2D eigenvalue weighted by atomic mass is 9.99. The van der Waals surface area contributed by atoms with Gasteiger partial charge in [-0.15, -0.1) is 0 Å². The Labute approximate surface area is 123 Å². The standard InChI is InChI=1S/C15H17Cl2NO/c1-4-18-15(12-7-9(2)19-10(12)3)13-8-11(16)5-6-14(13)17/h5-8,15,18H,4H2,1-3H3. The number of furan rings is 1. The zero-order chi connectivity index (χ0) is 14.0. The van der Waals surface area contributed by atoms with Crippen LogP contribution in [0.25, 0.3) is 0 Å². The number of benzene rings is 1. The van der Waals surface area contributed by atoms with Crippen molar-refractivity contribution in [3.05, 3.63) is 57.0 Å². The molecule has 102 valence electrons. The van der Waals surface area contributed by atoms with Gasteiger partial charge >= 0.3 is 0 Å². The van der Waals surface area contributed by atoms with Crippen molar-refractivity contribution in [3.63, 3.8) is 0 Å². The van der Waals surface area contributed by atoms with Gasteiger partial charge in [0.15, 0.2) is 0 Å². The highest BCUT2D eigenvalue weighted by molar-refractivity contribution is 6.33. The van der Waals surface area contributed by atoms with Crippen molar-refractivity contribution >= 4 is 23.2 Å². The van der Waals surface area contributed by atoms with Crippen LogP contribution in [0.3, 0.4) is 0 Å².